The molecule has 396 valence electrons. The molecule has 0 bridgehead atoms. The minimum atomic E-state index is -0.591. The van der Waals surface area contributed by atoms with Crippen LogP contribution in [0.4, 0.5) is 11.4 Å². The molecule has 0 atom stereocenters. The Kier molecular flexibility index (Phi) is 17.3. The molecule has 0 amide bonds. The fraction of sp³-hybridized carbons (Fsp3) is 0.114. The van der Waals surface area contributed by atoms with E-state index in [1.807, 2.05) is 101 Å². The monoisotopic (exact) mass is 1080 g/mol. The molecular formula is C70H47N9O4. The zero-order valence-corrected chi connectivity index (χ0v) is 45.9. The standard InChI is InChI=1S/C70H47N9O4/c1-41(2)49-9-7-11-57-59(29-49)63(69(80)82-5)31-61(57)67(47-17-13-43(14-18-47)51(33-71)34-72)65(53(37-75)38-76)45-21-25-55(26-22-45)79-56-27-23-46(24-28-56)66(54(39-77)40-78)68(48-19-15-44(16-20-48)52(35-73)36-74)62-32-64(70(81)83-6)60-30-50(42(3)4)10-8-12-58(60)62/h7-32,41-42,79H,1-6H3. The number of hydrogen-bond donors (Lipinski definition) is 1. The molecule has 8 rings (SSSR count). The van der Waals surface area contributed by atoms with Crippen LogP contribution in [0.1, 0.15) is 93.6 Å². The van der Waals surface area contributed by atoms with Crippen molar-refractivity contribution in [3.05, 3.63) is 234 Å². The van der Waals surface area contributed by atoms with E-state index in [-0.39, 0.29) is 56.4 Å². The number of ether oxygens (including phenoxy) is 2. The maximum Gasteiger partial charge on any atom is 0.338 e. The number of nitriles is 8. The Morgan fingerprint density at radius 1 is 0.386 bits per heavy atom. The summed E-state index contributed by atoms with van der Waals surface area (Å²) in [6, 6.07) is 62.0. The van der Waals surface area contributed by atoms with Crippen molar-refractivity contribution in [2.75, 3.05) is 19.5 Å². The van der Waals surface area contributed by atoms with Gasteiger partial charge in [0, 0.05) is 33.0 Å². The first kappa shape index (κ1) is 57.1. The van der Waals surface area contributed by atoms with E-state index in [1.54, 1.807) is 109 Å². The number of nitrogens with one attached hydrogen (secondary N) is 1. The summed E-state index contributed by atoms with van der Waals surface area (Å²) >= 11 is 0. The third kappa shape index (κ3) is 11.4. The zero-order chi connectivity index (χ0) is 59.5. The molecule has 4 aromatic carbocycles. The van der Waals surface area contributed by atoms with Crippen LogP contribution in [-0.2, 0) is 9.47 Å². The quantitative estimate of drug-likeness (QED) is 0.0883. The van der Waals surface area contributed by atoms with E-state index >= 15 is 0 Å². The number of carbonyl (C=O) groups is 2. The Balaban J connectivity index is 1.28. The van der Waals surface area contributed by atoms with E-state index in [0.717, 1.165) is 11.1 Å². The second kappa shape index (κ2) is 25.1. The number of nitrogens with zero attached hydrogens (tertiary/aromatic N) is 8. The number of hydrogen-bond acceptors (Lipinski definition) is 13. The molecule has 13 nitrogen and oxygen atoms in total. The maximum absolute atomic E-state index is 13.6. The minimum absolute atomic E-state index is 0.0930. The SMILES string of the molecule is COC(=O)c1cc(C(C(=C(C#N)C#N)c2ccc(Nc3ccc(C(=C(C#N)C#N)C(c4cc(C(=O)OC)c5cc(C(C)C)cccc4-5)=c4ccc(=C(C#N)C#N)cc4)cc3)cc2)=c2ccc(=C(C#N)C#N)cc2)c2cccc(C(C)C)cc1-2. The van der Waals surface area contributed by atoms with Crippen LogP contribution in [-0.4, -0.2) is 26.2 Å². The van der Waals surface area contributed by atoms with Crippen molar-refractivity contribution in [3.8, 4) is 70.8 Å². The van der Waals surface area contributed by atoms with Gasteiger partial charge in [-0.2, -0.15) is 42.1 Å². The molecule has 0 saturated heterocycles. The normalized spacial score (nSPS) is 10.3. The Morgan fingerprint density at radius 3 is 1.00 bits per heavy atom. The second-order valence-electron chi connectivity index (χ2n) is 19.6. The first-order valence-electron chi connectivity index (χ1n) is 25.9. The van der Waals surface area contributed by atoms with Gasteiger partial charge in [0.15, 0.2) is 0 Å². The third-order valence-electron chi connectivity index (χ3n) is 14.2. The lowest BCUT2D eigenvalue weighted by molar-refractivity contribution is 0.0593. The van der Waals surface area contributed by atoms with Crippen LogP contribution >= 0.6 is 0 Å². The van der Waals surface area contributed by atoms with Gasteiger partial charge in [0.05, 0.1) is 25.3 Å². The number of carbonyl (C=O) groups excluding carboxylic acids is 2. The summed E-state index contributed by atoms with van der Waals surface area (Å²) < 4.78 is 10.6. The molecule has 83 heavy (non-hydrogen) atoms. The van der Waals surface area contributed by atoms with Gasteiger partial charge in [-0.3, -0.25) is 0 Å². The maximum atomic E-state index is 13.6. The topological polar surface area (TPSA) is 255 Å². The van der Waals surface area contributed by atoms with Crippen LogP contribution in [0.25, 0.3) is 55.7 Å². The van der Waals surface area contributed by atoms with Gasteiger partial charge in [-0.1, -0.05) is 149 Å². The van der Waals surface area contributed by atoms with Crippen molar-refractivity contribution in [2.45, 2.75) is 39.5 Å². The molecule has 0 heterocycles. The summed E-state index contributed by atoms with van der Waals surface area (Å²) in [7, 11) is 2.59. The van der Waals surface area contributed by atoms with E-state index < -0.39 is 11.9 Å². The fourth-order valence-corrected chi connectivity index (χ4v) is 9.97. The Labute approximate surface area is 479 Å². The predicted octanol–water partition coefficient (Wildman–Crippen LogP) is 11.3. The lowest BCUT2D eigenvalue weighted by Crippen LogP contribution is -2.14. The molecule has 4 aliphatic rings. The van der Waals surface area contributed by atoms with Crippen molar-refractivity contribution in [2.24, 2.45) is 0 Å². The Bertz CT molecular complexity index is 4220. The highest BCUT2D eigenvalue weighted by molar-refractivity contribution is 6.15. The van der Waals surface area contributed by atoms with Crippen molar-refractivity contribution in [1.82, 2.24) is 0 Å². The number of rotatable bonds is 12. The average molecular weight is 1080 g/mol. The molecule has 0 aromatic heterocycles. The third-order valence-corrected chi connectivity index (χ3v) is 14.2. The van der Waals surface area contributed by atoms with Crippen LogP contribution in [0, 0.1) is 90.6 Å². The van der Waals surface area contributed by atoms with Crippen molar-refractivity contribution in [3.63, 3.8) is 0 Å². The molecule has 13 heteroatoms. The second-order valence-corrected chi connectivity index (χ2v) is 19.6. The number of fused-ring (bicyclic) bond motifs is 2. The lowest BCUT2D eigenvalue weighted by Gasteiger charge is -2.17. The first-order chi connectivity index (χ1) is 40.2. The van der Waals surface area contributed by atoms with Gasteiger partial charge in [-0.25, -0.2) is 9.59 Å². The van der Waals surface area contributed by atoms with Crippen LogP contribution in [0.3, 0.4) is 0 Å². The number of allylic oxidation sites excluding steroid dienone is 4. The molecule has 0 radical (unpaired) electrons. The highest BCUT2D eigenvalue weighted by Crippen LogP contribution is 2.45. The number of methoxy groups -OCH3 is 2. The van der Waals surface area contributed by atoms with Gasteiger partial charge in [-0.15, -0.1) is 0 Å². The fourth-order valence-electron chi connectivity index (χ4n) is 9.97. The van der Waals surface area contributed by atoms with Crippen LogP contribution in [0.15, 0.2) is 169 Å². The summed E-state index contributed by atoms with van der Waals surface area (Å²) in [5, 5.41) is 86.7. The van der Waals surface area contributed by atoms with Crippen LogP contribution in [0.5, 0.6) is 0 Å². The van der Waals surface area contributed by atoms with Crippen LogP contribution in [0.2, 0.25) is 0 Å². The summed E-state index contributed by atoms with van der Waals surface area (Å²) in [6.07, 6.45) is 0. The largest absolute Gasteiger partial charge is 0.465 e. The van der Waals surface area contributed by atoms with Gasteiger partial charge in [0.1, 0.15) is 70.8 Å². The number of benzene rings is 4. The van der Waals surface area contributed by atoms with Gasteiger partial charge < -0.3 is 14.8 Å². The minimum Gasteiger partial charge on any atom is -0.465 e. The zero-order valence-electron chi connectivity index (χ0n) is 45.9. The Morgan fingerprint density at radius 2 is 0.711 bits per heavy atom. The molecule has 4 aromatic rings. The van der Waals surface area contributed by atoms with Gasteiger partial charge in [0.25, 0.3) is 0 Å². The van der Waals surface area contributed by atoms with E-state index in [1.165, 1.54) is 14.2 Å². The van der Waals surface area contributed by atoms with Gasteiger partial charge in [-0.05, 0) is 125 Å². The molecule has 0 spiro atoms. The number of esters is 2. The summed E-state index contributed by atoms with van der Waals surface area (Å²) in [4.78, 5) is 27.2. The highest BCUT2D eigenvalue weighted by atomic mass is 16.5. The summed E-state index contributed by atoms with van der Waals surface area (Å²) in [5.41, 5.74) is 8.67. The highest BCUT2D eigenvalue weighted by Gasteiger charge is 2.29. The molecule has 0 fully saturated rings. The molecule has 0 unspecified atom stereocenters. The summed E-state index contributed by atoms with van der Waals surface area (Å²) in [6.45, 7) is 8.15. The van der Waals surface area contributed by atoms with Crippen molar-refractivity contribution >= 4 is 56.8 Å². The van der Waals surface area contributed by atoms with Crippen molar-refractivity contribution in [1.29, 1.82) is 42.1 Å². The average Bonchev–Trinajstić information content (AvgIpc) is 3.68. The molecule has 0 aliphatic heterocycles. The molecular weight excluding hydrogens is 1030 g/mol. The van der Waals surface area contributed by atoms with Crippen molar-refractivity contribution < 1.29 is 19.1 Å². The van der Waals surface area contributed by atoms with Crippen LogP contribution < -0.4 is 26.2 Å². The Hall–Kier alpha value is -12.1. The summed E-state index contributed by atoms with van der Waals surface area (Å²) in [5.74, 6) is -0.996. The van der Waals surface area contributed by atoms with E-state index in [4.69, 9.17) is 9.47 Å². The first-order valence-corrected chi connectivity index (χ1v) is 25.9. The van der Waals surface area contributed by atoms with E-state index in [9.17, 15) is 51.7 Å². The smallest absolute Gasteiger partial charge is 0.338 e. The van der Waals surface area contributed by atoms with E-state index in [0.29, 0.717) is 87.9 Å². The van der Waals surface area contributed by atoms with Gasteiger partial charge >= 0.3 is 11.9 Å². The molecule has 4 aliphatic carbocycles. The lowest BCUT2D eigenvalue weighted by atomic mass is 9.86. The molecule has 0 saturated carbocycles. The predicted molar refractivity (Wildman–Crippen MR) is 315 cm³/mol. The number of anilines is 2. The molecule has 1 N–H and O–H groups in total. The van der Waals surface area contributed by atoms with E-state index in [2.05, 4.69) is 29.6 Å². The van der Waals surface area contributed by atoms with Gasteiger partial charge in [0.2, 0.25) is 0 Å².